The van der Waals surface area contributed by atoms with Gasteiger partial charge in [-0.3, -0.25) is 0 Å². The summed E-state index contributed by atoms with van der Waals surface area (Å²) in [7, 11) is 3.30. The summed E-state index contributed by atoms with van der Waals surface area (Å²) in [5, 5.41) is 9.52. The molecule has 0 aliphatic carbocycles. The SMILES string of the molecule is COc1cc(C)c(C(C)(C)CO)c(OC)c1C. The van der Waals surface area contributed by atoms with E-state index in [9.17, 15) is 5.11 Å². The highest BCUT2D eigenvalue weighted by atomic mass is 16.5. The molecule has 3 nitrogen and oxygen atoms in total. The molecule has 17 heavy (non-hydrogen) atoms. The van der Waals surface area contributed by atoms with E-state index in [1.165, 1.54) is 0 Å². The van der Waals surface area contributed by atoms with E-state index in [-0.39, 0.29) is 12.0 Å². The van der Waals surface area contributed by atoms with Crippen molar-refractivity contribution in [2.75, 3.05) is 20.8 Å². The van der Waals surface area contributed by atoms with Gasteiger partial charge >= 0.3 is 0 Å². The molecule has 1 N–H and O–H groups in total. The second-order valence-electron chi connectivity index (χ2n) is 4.97. The monoisotopic (exact) mass is 238 g/mol. The van der Waals surface area contributed by atoms with Crippen molar-refractivity contribution in [2.45, 2.75) is 33.1 Å². The molecule has 0 aliphatic heterocycles. The number of aliphatic hydroxyl groups excluding tert-OH is 1. The minimum atomic E-state index is -0.327. The Kier molecular flexibility index (Phi) is 4.04. The number of benzene rings is 1. The van der Waals surface area contributed by atoms with Crippen LogP contribution in [0.15, 0.2) is 6.07 Å². The largest absolute Gasteiger partial charge is 0.496 e. The summed E-state index contributed by atoms with van der Waals surface area (Å²) in [6.07, 6.45) is 0. The summed E-state index contributed by atoms with van der Waals surface area (Å²) < 4.78 is 10.8. The molecule has 1 aromatic rings. The van der Waals surface area contributed by atoms with Gasteiger partial charge in [0.15, 0.2) is 0 Å². The van der Waals surface area contributed by atoms with E-state index in [1.54, 1.807) is 14.2 Å². The average molecular weight is 238 g/mol. The summed E-state index contributed by atoms with van der Waals surface area (Å²) >= 11 is 0. The lowest BCUT2D eigenvalue weighted by atomic mass is 9.81. The van der Waals surface area contributed by atoms with E-state index in [4.69, 9.17) is 9.47 Å². The first kappa shape index (κ1) is 13.8. The zero-order valence-corrected chi connectivity index (χ0v) is 11.5. The Bertz CT molecular complexity index is 408. The van der Waals surface area contributed by atoms with E-state index >= 15 is 0 Å². The molecule has 0 radical (unpaired) electrons. The molecule has 0 amide bonds. The van der Waals surface area contributed by atoms with Gasteiger partial charge in [-0.25, -0.2) is 0 Å². The minimum Gasteiger partial charge on any atom is -0.496 e. The fourth-order valence-electron chi connectivity index (χ4n) is 2.24. The Labute approximate surface area is 103 Å². The lowest BCUT2D eigenvalue weighted by molar-refractivity contribution is 0.214. The van der Waals surface area contributed by atoms with Crippen LogP contribution in [0.5, 0.6) is 11.5 Å². The molecule has 0 saturated carbocycles. The van der Waals surface area contributed by atoms with Gasteiger partial charge in [0.25, 0.3) is 0 Å². The van der Waals surface area contributed by atoms with Gasteiger partial charge in [-0.1, -0.05) is 13.8 Å². The topological polar surface area (TPSA) is 38.7 Å². The van der Waals surface area contributed by atoms with Crippen LogP contribution < -0.4 is 9.47 Å². The molecule has 0 aliphatic rings. The summed E-state index contributed by atoms with van der Waals surface area (Å²) in [5.41, 5.74) is 2.76. The van der Waals surface area contributed by atoms with E-state index in [1.807, 2.05) is 33.8 Å². The van der Waals surface area contributed by atoms with Crippen molar-refractivity contribution >= 4 is 0 Å². The number of hydrogen-bond donors (Lipinski definition) is 1. The van der Waals surface area contributed by atoms with Gasteiger partial charge in [-0.05, 0) is 25.5 Å². The molecule has 0 bridgehead atoms. The van der Waals surface area contributed by atoms with E-state index in [2.05, 4.69) is 0 Å². The lowest BCUT2D eigenvalue weighted by Gasteiger charge is -2.28. The van der Waals surface area contributed by atoms with Crippen molar-refractivity contribution in [3.8, 4) is 11.5 Å². The molecule has 0 heterocycles. The molecule has 1 rings (SSSR count). The van der Waals surface area contributed by atoms with Crippen LogP contribution in [0, 0.1) is 13.8 Å². The van der Waals surface area contributed by atoms with Gasteiger partial charge in [0.1, 0.15) is 11.5 Å². The molecule has 96 valence electrons. The number of hydrogen-bond acceptors (Lipinski definition) is 3. The van der Waals surface area contributed by atoms with Crippen LogP contribution in [0.1, 0.15) is 30.5 Å². The van der Waals surface area contributed by atoms with Crippen LogP contribution in [-0.4, -0.2) is 25.9 Å². The normalized spacial score (nSPS) is 11.5. The zero-order valence-electron chi connectivity index (χ0n) is 11.5. The maximum Gasteiger partial charge on any atom is 0.129 e. The van der Waals surface area contributed by atoms with Crippen molar-refractivity contribution in [1.29, 1.82) is 0 Å². The first-order valence-corrected chi connectivity index (χ1v) is 5.72. The molecule has 3 heteroatoms. The molecular formula is C14H22O3. The molecular weight excluding hydrogens is 216 g/mol. The van der Waals surface area contributed by atoms with Crippen LogP contribution in [-0.2, 0) is 5.41 Å². The van der Waals surface area contributed by atoms with Gasteiger partial charge < -0.3 is 14.6 Å². The van der Waals surface area contributed by atoms with Gasteiger partial charge in [0.05, 0.1) is 20.8 Å². The Balaban J connectivity index is 3.55. The summed E-state index contributed by atoms with van der Waals surface area (Å²) in [4.78, 5) is 0. The zero-order chi connectivity index (χ0) is 13.2. The van der Waals surface area contributed by atoms with E-state index in [0.29, 0.717) is 0 Å². The number of rotatable bonds is 4. The van der Waals surface area contributed by atoms with Crippen molar-refractivity contribution < 1.29 is 14.6 Å². The van der Waals surface area contributed by atoms with Crippen LogP contribution in [0.25, 0.3) is 0 Å². The quantitative estimate of drug-likeness (QED) is 0.876. The summed E-state index contributed by atoms with van der Waals surface area (Å²) in [5.74, 6) is 1.62. The highest BCUT2D eigenvalue weighted by Crippen LogP contribution is 2.40. The van der Waals surface area contributed by atoms with Crippen LogP contribution in [0.3, 0.4) is 0 Å². The summed E-state index contributed by atoms with van der Waals surface area (Å²) in [6.45, 7) is 8.06. The second kappa shape index (κ2) is 4.96. The van der Waals surface area contributed by atoms with E-state index < -0.39 is 0 Å². The number of ether oxygens (including phenoxy) is 2. The van der Waals surface area contributed by atoms with Crippen molar-refractivity contribution in [1.82, 2.24) is 0 Å². The first-order chi connectivity index (χ1) is 7.88. The predicted molar refractivity (Wildman–Crippen MR) is 69.1 cm³/mol. The Hall–Kier alpha value is -1.22. The molecule has 0 spiro atoms. The molecule has 1 aromatic carbocycles. The van der Waals surface area contributed by atoms with Crippen molar-refractivity contribution in [3.63, 3.8) is 0 Å². The maximum absolute atomic E-state index is 9.52. The highest BCUT2D eigenvalue weighted by molar-refractivity contribution is 5.55. The van der Waals surface area contributed by atoms with E-state index in [0.717, 1.165) is 28.2 Å². The highest BCUT2D eigenvalue weighted by Gasteiger charge is 2.28. The number of methoxy groups -OCH3 is 2. The molecule has 0 unspecified atom stereocenters. The molecule has 0 atom stereocenters. The summed E-state index contributed by atoms with van der Waals surface area (Å²) in [6, 6.07) is 1.99. The average Bonchev–Trinajstić information content (AvgIpc) is 2.30. The molecule has 0 saturated heterocycles. The van der Waals surface area contributed by atoms with Crippen molar-refractivity contribution in [3.05, 3.63) is 22.8 Å². The second-order valence-corrected chi connectivity index (χ2v) is 4.97. The molecule has 0 aromatic heterocycles. The third-order valence-electron chi connectivity index (χ3n) is 3.18. The fraction of sp³-hybridized carbons (Fsp3) is 0.571. The number of aryl methyl sites for hydroxylation is 1. The van der Waals surface area contributed by atoms with Gasteiger partial charge in [-0.2, -0.15) is 0 Å². The lowest BCUT2D eigenvalue weighted by Crippen LogP contribution is -2.24. The van der Waals surface area contributed by atoms with Crippen molar-refractivity contribution in [2.24, 2.45) is 0 Å². The fourth-order valence-corrected chi connectivity index (χ4v) is 2.24. The van der Waals surface area contributed by atoms with Crippen LogP contribution >= 0.6 is 0 Å². The van der Waals surface area contributed by atoms with Gasteiger partial charge in [0.2, 0.25) is 0 Å². The standard InChI is InChI=1S/C14H22O3/c1-9-7-11(16-5)10(2)13(17-6)12(9)14(3,4)8-15/h7,15H,8H2,1-6H3. The van der Waals surface area contributed by atoms with Gasteiger partial charge in [-0.15, -0.1) is 0 Å². The van der Waals surface area contributed by atoms with Crippen LogP contribution in [0.4, 0.5) is 0 Å². The Morgan fingerprint density at radius 1 is 1.18 bits per heavy atom. The van der Waals surface area contributed by atoms with Gasteiger partial charge in [0, 0.05) is 16.5 Å². The third kappa shape index (κ3) is 2.39. The number of aliphatic hydroxyl groups is 1. The minimum absolute atomic E-state index is 0.0793. The van der Waals surface area contributed by atoms with Crippen LogP contribution in [0.2, 0.25) is 0 Å². The predicted octanol–water partition coefficient (Wildman–Crippen LogP) is 2.59. The maximum atomic E-state index is 9.52. The Morgan fingerprint density at radius 2 is 1.76 bits per heavy atom. The first-order valence-electron chi connectivity index (χ1n) is 5.72. The Morgan fingerprint density at radius 3 is 2.18 bits per heavy atom. The molecule has 0 fully saturated rings. The third-order valence-corrected chi connectivity index (χ3v) is 3.18. The smallest absolute Gasteiger partial charge is 0.129 e.